The van der Waals surface area contributed by atoms with Gasteiger partial charge in [0.25, 0.3) is 0 Å². The van der Waals surface area contributed by atoms with Gasteiger partial charge in [-0.25, -0.2) is 4.98 Å². The first-order chi connectivity index (χ1) is 10.8. The molecule has 0 fully saturated rings. The molecule has 3 nitrogen and oxygen atoms in total. The van der Waals surface area contributed by atoms with Gasteiger partial charge in [0.15, 0.2) is 0 Å². The molecule has 0 aliphatic heterocycles. The smallest absolute Gasteiger partial charge is 0.224 e. The van der Waals surface area contributed by atoms with Crippen molar-refractivity contribution in [1.82, 2.24) is 4.98 Å². The van der Waals surface area contributed by atoms with Gasteiger partial charge in [-0.1, -0.05) is 37.6 Å². The van der Waals surface area contributed by atoms with Crippen molar-refractivity contribution in [2.45, 2.75) is 26.2 Å². The first-order valence-corrected chi connectivity index (χ1v) is 8.34. The van der Waals surface area contributed by atoms with Gasteiger partial charge in [-0.2, -0.15) is 0 Å². The Balaban J connectivity index is 1.92. The molecule has 112 valence electrons. The fraction of sp³-hybridized carbons (Fsp3) is 0.222. The van der Waals surface area contributed by atoms with E-state index in [1.807, 2.05) is 42.5 Å². The Kier molecular flexibility index (Phi) is 4.49. The summed E-state index contributed by atoms with van der Waals surface area (Å²) in [6.45, 7) is 2.09. The highest BCUT2D eigenvalue weighted by Crippen LogP contribution is 2.34. The number of carbonyl (C=O) groups is 1. The highest BCUT2D eigenvalue weighted by atomic mass is 32.1. The van der Waals surface area contributed by atoms with E-state index in [1.165, 1.54) is 0 Å². The predicted molar refractivity (Wildman–Crippen MR) is 93.2 cm³/mol. The van der Waals surface area contributed by atoms with E-state index in [4.69, 9.17) is 0 Å². The molecule has 0 aliphatic rings. The molecule has 0 atom stereocenters. The Morgan fingerprint density at radius 2 is 1.91 bits per heavy atom. The van der Waals surface area contributed by atoms with E-state index >= 15 is 0 Å². The molecule has 1 N–H and O–H groups in total. The second-order valence-electron chi connectivity index (χ2n) is 5.18. The molecular weight excluding hydrogens is 292 g/mol. The Morgan fingerprint density at radius 1 is 1.14 bits per heavy atom. The normalized spacial score (nSPS) is 10.8. The summed E-state index contributed by atoms with van der Waals surface area (Å²) in [5.41, 5.74) is 2.81. The van der Waals surface area contributed by atoms with Crippen LogP contribution in [-0.2, 0) is 4.79 Å². The lowest BCUT2D eigenvalue weighted by atomic mass is 10.1. The molecule has 3 aromatic rings. The summed E-state index contributed by atoms with van der Waals surface area (Å²) in [5, 5.41) is 3.95. The number of hydrogen-bond acceptors (Lipinski definition) is 3. The number of rotatable bonds is 5. The number of para-hydroxylation sites is 2. The number of anilines is 1. The second-order valence-corrected chi connectivity index (χ2v) is 6.21. The lowest BCUT2D eigenvalue weighted by Gasteiger charge is -2.09. The van der Waals surface area contributed by atoms with Crippen molar-refractivity contribution < 1.29 is 4.79 Å². The molecule has 1 heterocycles. The zero-order valence-electron chi connectivity index (χ0n) is 12.5. The SMILES string of the molecule is CCCCC(=O)Nc1ccccc1-c1nc2ccccc2s1. The summed E-state index contributed by atoms with van der Waals surface area (Å²) in [6.07, 6.45) is 2.49. The second kappa shape index (κ2) is 6.71. The van der Waals surface area contributed by atoms with E-state index in [-0.39, 0.29) is 5.91 Å². The molecular formula is C18H18N2OS. The molecule has 22 heavy (non-hydrogen) atoms. The van der Waals surface area contributed by atoms with E-state index in [2.05, 4.69) is 23.3 Å². The number of amides is 1. The highest BCUT2D eigenvalue weighted by molar-refractivity contribution is 7.21. The molecule has 2 aromatic carbocycles. The average molecular weight is 310 g/mol. The molecule has 1 aromatic heterocycles. The van der Waals surface area contributed by atoms with Gasteiger partial charge in [-0.05, 0) is 30.7 Å². The Labute approximate surface area is 134 Å². The minimum Gasteiger partial charge on any atom is -0.325 e. The van der Waals surface area contributed by atoms with Crippen LogP contribution < -0.4 is 5.32 Å². The summed E-state index contributed by atoms with van der Waals surface area (Å²) in [5.74, 6) is 0.0652. The summed E-state index contributed by atoms with van der Waals surface area (Å²) < 4.78 is 1.16. The van der Waals surface area contributed by atoms with Gasteiger partial charge in [-0.15, -0.1) is 11.3 Å². The van der Waals surface area contributed by atoms with Gasteiger partial charge < -0.3 is 5.32 Å². The van der Waals surface area contributed by atoms with Gasteiger partial charge in [0.2, 0.25) is 5.91 Å². The van der Waals surface area contributed by atoms with Crippen molar-refractivity contribution in [2.75, 3.05) is 5.32 Å². The van der Waals surface area contributed by atoms with Crippen LogP contribution in [0.3, 0.4) is 0 Å². The number of carbonyl (C=O) groups excluding carboxylic acids is 1. The zero-order chi connectivity index (χ0) is 15.4. The van der Waals surface area contributed by atoms with Crippen molar-refractivity contribution in [3.8, 4) is 10.6 Å². The molecule has 3 rings (SSSR count). The van der Waals surface area contributed by atoms with E-state index in [9.17, 15) is 4.79 Å². The van der Waals surface area contributed by atoms with Gasteiger partial charge in [0, 0.05) is 12.0 Å². The summed E-state index contributed by atoms with van der Waals surface area (Å²) in [4.78, 5) is 16.7. The molecule has 4 heteroatoms. The molecule has 0 radical (unpaired) electrons. The number of aromatic nitrogens is 1. The molecule has 0 aliphatic carbocycles. The number of hydrogen-bond donors (Lipinski definition) is 1. The molecule has 0 bridgehead atoms. The third-order valence-corrected chi connectivity index (χ3v) is 4.55. The fourth-order valence-electron chi connectivity index (χ4n) is 2.32. The van der Waals surface area contributed by atoms with Crippen molar-refractivity contribution in [1.29, 1.82) is 0 Å². The quantitative estimate of drug-likeness (QED) is 0.713. The van der Waals surface area contributed by atoms with E-state index in [0.717, 1.165) is 39.3 Å². The number of unbranched alkanes of at least 4 members (excludes halogenated alkanes) is 1. The van der Waals surface area contributed by atoms with Crippen LogP contribution in [-0.4, -0.2) is 10.9 Å². The van der Waals surface area contributed by atoms with Gasteiger partial charge in [0.05, 0.1) is 15.9 Å². The van der Waals surface area contributed by atoms with Crippen LogP contribution in [0.4, 0.5) is 5.69 Å². The Bertz CT molecular complexity index is 761. The number of benzene rings is 2. The minimum atomic E-state index is 0.0652. The van der Waals surface area contributed by atoms with E-state index in [0.29, 0.717) is 6.42 Å². The monoisotopic (exact) mass is 310 g/mol. The predicted octanol–water partition coefficient (Wildman–Crippen LogP) is 5.09. The van der Waals surface area contributed by atoms with Crippen LogP contribution in [0.1, 0.15) is 26.2 Å². The number of nitrogens with zero attached hydrogens (tertiary/aromatic N) is 1. The number of thiazole rings is 1. The van der Waals surface area contributed by atoms with Crippen LogP contribution in [0, 0.1) is 0 Å². The van der Waals surface area contributed by atoms with Crippen molar-refractivity contribution in [3.63, 3.8) is 0 Å². The van der Waals surface area contributed by atoms with E-state index < -0.39 is 0 Å². The maximum absolute atomic E-state index is 12.0. The topological polar surface area (TPSA) is 42.0 Å². The lowest BCUT2D eigenvalue weighted by molar-refractivity contribution is -0.116. The molecule has 0 unspecified atom stereocenters. The van der Waals surface area contributed by atoms with Gasteiger partial charge in [-0.3, -0.25) is 4.79 Å². The molecule has 0 saturated heterocycles. The summed E-state index contributed by atoms with van der Waals surface area (Å²) in [6, 6.07) is 15.9. The van der Waals surface area contributed by atoms with Crippen molar-refractivity contribution in [3.05, 3.63) is 48.5 Å². The number of fused-ring (bicyclic) bond motifs is 1. The fourth-order valence-corrected chi connectivity index (χ4v) is 3.32. The number of nitrogens with one attached hydrogen (secondary N) is 1. The van der Waals surface area contributed by atoms with Crippen LogP contribution in [0.5, 0.6) is 0 Å². The lowest BCUT2D eigenvalue weighted by Crippen LogP contribution is -2.11. The Hall–Kier alpha value is -2.20. The van der Waals surface area contributed by atoms with Gasteiger partial charge in [0.1, 0.15) is 5.01 Å². The van der Waals surface area contributed by atoms with E-state index in [1.54, 1.807) is 11.3 Å². The maximum Gasteiger partial charge on any atom is 0.224 e. The first-order valence-electron chi connectivity index (χ1n) is 7.52. The minimum absolute atomic E-state index is 0.0652. The molecule has 1 amide bonds. The largest absolute Gasteiger partial charge is 0.325 e. The van der Waals surface area contributed by atoms with Gasteiger partial charge >= 0.3 is 0 Å². The van der Waals surface area contributed by atoms with Crippen LogP contribution in [0.2, 0.25) is 0 Å². The molecule has 0 spiro atoms. The van der Waals surface area contributed by atoms with Crippen molar-refractivity contribution >= 4 is 33.1 Å². The van der Waals surface area contributed by atoms with Crippen molar-refractivity contribution in [2.24, 2.45) is 0 Å². The first kappa shape index (κ1) is 14.7. The standard InChI is InChI=1S/C18H18N2OS/c1-2-3-12-17(21)19-14-9-5-4-8-13(14)18-20-15-10-6-7-11-16(15)22-18/h4-11H,2-3,12H2,1H3,(H,19,21). The third kappa shape index (κ3) is 3.17. The average Bonchev–Trinajstić information content (AvgIpc) is 2.97. The van der Waals surface area contributed by atoms with Crippen LogP contribution in [0.25, 0.3) is 20.8 Å². The Morgan fingerprint density at radius 3 is 2.73 bits per heavy atom. The highest BCUT2D eigenvalue weighted by Gasteiger charge is 2.11. The van der Waals surface area contributed by atoms with Crippen LogP contribution in [0.15, 0.2) is 48.5 Å². The van der Waals surface area contributed by atoms with Crippen LogP contribution >= 0.6 is 11.3 Å². The zero-order valence-corrected chi connectivity index (χ0v) is 13.3. The maximum atomic E-state index is 12.0. The summed E-state index contributed by atoms with van der Waals surface area (Å²) >= 11 is 1.65. The third-order valence-electron chi connectivity index (χ3n) is 3.48. The summed E-state index contributed by atoms with van der Waals surface area (Å²) in [7, 11) is 0. The molecule has 0 saturated carbocycles.